The standard InChI is InChI=1S/C22H39ClN2O2/c1-19(2,23)16-10-13-22(5,27-16)15-8-11-20(3,25-7)14-9-12-21(4,26)18(24-6)17(14)15/h14-18,26H,8-13H2,1-7H3/q-2. The molecule has 0 amide bonds. The molecule has 1 N–H and O–H groups in total. The number of ether oxygens (including phenoxy) is 1. The summed E-state index contributed by atoms with van der Waals surface area (Å²) in [6, 6.07) is -0.0638. The Bertz CT molecular complexity index is 549. The van der Waals surface area contributed by atoms with Crippen LogP contribution in [-0.2, 0) is 4.74 Å². The van der Waals surface area contributed by atoms with Gasteiger partial charge in [0.2, 0.25) is 0 Å². The Hall–Kier alpha value is 0.130. The zero-order valence-electron chi connectivity index (χ0n) is 18.3. The predicted octanol–water partition coefficient (Wildman–Crippen LogP) is 5.26. The van der Waals surface area contributed by atoms with Crippen LogP contribution in [-0.4, -0.2) is 53.0 Å². The van der Waals surface area contributed by atoms with E-state index < -0.39 is 5.60 Å². The average Bonchev–Trinajstić information content (AvgIpc) is 2.98. The van der Waals surface area contributed by atoms with E-state index in [4.69, 9.17) is 27.0 Å². The number of nitrogens with zero attached hydrogens (tertiary/aromatic N) is 2. The molecule has 2 aliphatic carbocycles. The summed E-state index contributed by atoms with van der Waals surface area (Å²) < 4.78 is 6.68. The molecule has 0 aromatic carbocycles. The van der Waals surface area contributed by atoms with Gasteiger partial charge in [-0.2, -0.15) is 14.1 Å². The van der Waals surface area contributed by atoms with Crippen molar-refractivity contribution in [2.75, 3.05) is 14.1 Å². The quantitative estimate of drug-likeness (QED) is 0.656. The van der Waals surface area contributed by atoms with Crippen molar-refractivity contribution < 1.29 is 9.84 Å². The van der Waals surface area contributed by atoms with Crippen molar-refractivity contribution in [2.45, 2.75) is 107 Å². The lowest BCUT2D eigenvalue weighted by molar-refractivity contribution is -0.147. The number of rotatable bonds is 4. The Balaban J connectivity index is 1.95. The smallest absolute Gasteiger partial charge is 0.0769 e. The molecule has 0 radical (unpaired) electrons. The minimum Gasteiger partial charge on any atom is -0.660 e. The monoisotopic (exact) mass is 398 g/mol. The molecule has 27 heavy (non-hydrogen) atoms. The van der Waals surface area contributed by atoms with E-state index in [0.717, 1.165) is 38.5 Å². The average molecular weight is 399 g/mol. The maximum atomic E-state index is 11.2. The van der Waals surface area contributed by atoms with E-state index in [0.29, 0.717) is 17.8 Å². The molecule has 1 saturated heterocycles. The third-order valence-corrected chi connectivity index (χ3v) is 8.55. The van der Waals surface area contributed by atoms with Gasteiger partial charge in [0.05, 0.1) is 16.6 Å². The summed E-state index contributed by atoms with van der Waals surface area (Å²) in [6.45, 7) is 10.7. The lowest BCUT2D eigenvalue weighted by atomic mass is 9.51. The van der Waals surface area contributed by atoms with Crippen LogP contribution in [0.4, 0.5) is 0 Å². The molecule has 4 nitrogen and oxygen atoms in total. The molecule has 2 saturated carbocycles. The van der Waals surface area contributed by atoms with Crippen LogP contribution in [0.2, 0.25) is 0 Å². The van der Waals surface area contributed by atoms with Crippen LogP contribution < -0.4 is 0 Å². The molecule has 0 aromatic heterocycles. The van der Waals surface area contributed by atoms with Gasteiger partial charge in [-0.25, -0.2) is 0 Å². The molecule has 0 bridgehead atoms. The number of likely N-dealkylation sites (N-methyl/N-ethyl adjacent to an activating group) is 1. The molecule has 3 fully saturated rings. The van der Waals surface area contributed by atoms with E-state index in [-0.39, 0.29) is 28.2 Å². The highest BCUT2D eigenvalue weighted by Crippen LogP contribution is 2.59. The van der Waals surface area contributed by atoms with Gasteiger partial charge in [0, 0.05) is 5.60 Å². The minimum atomic E-state index is -0.750. The van der Waals surface area contributed by atoms with Gasteiger partial charge in [0.1, 0.15) is 0 Å². The summed E-state index contributed by atoms with van der Waals surface area (Å²) >= 11 is 6.61. The maximum Gasteiger partial charge on any atom is 0.0769 e. The van der Waals surface area contributed by atoms with Crippen molar-refractivity contribution in [3.8, 4) is 0 Å². The van der Waals surface area contributed by atoms with Gasteiger partial charge in [0.25, 0.3) is 0 Å². The normalized spacial score (nSPS) is 51.2. The van der Waals surface area contributed by atoms with Crippen molar-refractivity contribution in [3.05, 3.63) is 10.6 Å². The van der Waals surface area contributed by atoms with Crippen molar-refractivity contribution in [3.63, 3.8) is 0 Å². The molecule has 3 rings (SSSR count). The second-order valence-electron chi connectivity index (χ2n) is 10.5. The molecule has 158 valence electrons. The van der Waals surface area contributed by atoms with Crippen LogP contribution in [0.3, 0.4) is 0 Å². The molecule has 5 heteroatoms. The Morgan fingerprint density at radius 3 is 2.15 bits per heavy atom. The Morgan fingerprint density at radius 2 is 1.63 bits per heavy atom. The summed E-state index contributed by atoms with van der Waals surface area (Å²) in [5.41, 5.74) is -0.980. The van der Waals surface area contributed by atoms with Crippen LogP contribution in [0.15, 0.2) is 0 Å². The first-order valence-corrected chi connectivity index (χ1v) is 11.0. The van der Waals surface area contributed by atoms with Gasteiger partial charge in [-0.3, -0.25) is 0 Å². The van der Waals surface area contributed by atoms with E-state index in [1.807, 2.05) is 21.0 Å². The van der Waals surface area contributed by atoms with E-state index in [2.05, 4.69) is 27.7 Å². The minimum absolute atomic E-state index is 0.0271. The van der Waals surface area contributed by atoms with Crippen molar-refractivity contribution in [2.24, 2.45) is 17.8 Å². The fourth-order valence-corrected chi connectivity index (χ4v) is 6.68. The van der Waals surface area contributed by atoms with Gasteiger partial charge in [-0.1, -0.05) is 19.3 Å². The van der Waals surface area contributed by atoms with Gasteiger partial charge >= 0.3 is 0 Å². The van der Waals surface area contributed by atoms with Gasteiger partial charge in [-0.15, -0.1) is 23.2 Å². The number of alkyl halides is 1. The van der Waals surface area contributed by atoms with Crippen molar-refractivity contribution in [1.29, 1.82) is 0 Å². The Labute approximate surface area is 171 Å². The summed E-state index contributed by atoms with van der Waals surface area (Å²) in [5, 5.41) is 20.7. The Morgan fingerprint density at radius 1 is 1.00 bits per heavy atom. The van der Waals surface area contributed by atoms with E-state index in [1.54, 1.807) is 0 Å². The number of hydrogen-bond acceptors (Lipinski definition) is 2. The second kappa shape index (κ2) is 7.12. The SMILES string of the molecule is C[N-]C1C2C(CCC1(C)O)C(C)([N-]C)CCC2C1(C)CCC(C(C)(C)Cl)O1. The van der Waals surface area contributed by atoms with Crippen molar-refractivity contribution >= 4 is 11.6 Å². The largest absolute Gasteiger partial charge is 0.660 e. The summed E-state index contributed by atoms with van der Waals surface area (Å²) in [7, 11) is 3.83. The van der Waals surface area contributed by atoms with Crippen LogP contribution in [0.5, 0.6) is 0 Å². The van der Waals surface area contributed by atoms with Gasteiger partial charge in [-0.05, 0) is 71.6 Å². The Kier molecular flexibility index (Phi) is 5.76. The zero-order valence-corrected chi connectivity index (χ0v) is 19.0. The molecule has 0 aromatic rings. The van der Waals surface area contributed by atoms with E-state index >= 15 is 0 Å². The van der Waals surface area contributed by atoms with Gasteiger partial charge < -0.3 is 20.5 Å². The van der Waals surface area contributed by atoms with Crippen LogP contribution in [0.25, 0.3) is 10.6 Å². The molecule has 0 spiro atoms. The first kappa shape index (κ1) is 21.8. The third-order valence-electron chi connectivity index (χ3n) is 8.31. The maximum absolute atomic E-state index is 11.2. The third kappa shape index (κ3) is 3.70. The summed E-state index contributed by atoms with van der Waals surface area (Å²) in [5.74, 6) is 1.11. The predicted molar refractivity (Wildman–Crippen MR) is 113 cm³/mol. The highest BCUT2D eigenvalue weighted by atomic mass is 35.5. The fraction of sp³-hybridized carbons (Fsp3) is 1.00. The summed E-state index contributed by atoms with van der Waals surface area (Å²) in [6.07, 6.45) is 6.07. The topological polar surface area (TPSA) is 57.7 Å². The van der Waals surface area contributed by atoms with Crippen LogP contribution >= 0.6 is 11.6 Å². The lowest BCUT2D eigenvalue weighted by Crippen LogP contribution is -2.62. The number of fused-ring (bicyclic) bond motifs is 1. The van der Waals surface area contributed by atoms with Crippen LogP contribution in [0.1, 0.15) is 73.1 Å². The number of hydrogen-bond donors (Lipinski definition) is 1. The highest BCUT2D eigenvalue weighted by molar-refractivity contribution is 6.23. The van der Waals surface area contributed by atoms with Crippen LogP contribution in [0, 0.1) is 17.8 Å². The zero-order chi connectivity index (χ0) is 20.3. The molecule has 3 aliphatic rings. The molecule has 1 aliphatic heterocycles. The second-order valence-corrected chi connectivity index (χ2v) is 11.5. The molecular weight excluding hydrogens is 360 g/mol. The first-order valence-electron chi connectivity index (χ1n) is 10.7. The fourth-order valence-electron chi connectivity index (χ4n) is 6.53. The molecule has 8 atom stereocenters. The van der Waals surface area contributed by atoms with Crippen molar-refractivity contribution in [1.82, 2.24) is 0 Å². The van der Waals surface area contributed by atoms with E-state index in [9.17, 15) is 5.11 Å². The first-order chi connectivity index (χ1) is 12.4. The highest BCUT2D eigenvalue weighted by Gasteiger charge is 2.56. The number of halogens is 1. The number of aliphatic hydroxyl groups is 1. The molecular formula is C22H39ClN2O2-2. The van der Waals surface area contributed by atoms with Gasteiger partial charge in [0.15, 0.2) is 0 Å². The molecule has 1 heterocycles. The lowest BCUT2D eigenvalue weighted by Gasteiger charge is -2.67. The van der Waals surface area contributed by atoms with E-state index in [1.165, 1.54) is 0 Å². The summed E-state index contributed by atoms with van der Waals surface area (Å²) in [4.78, 5) is -0.355. The molecule has 8 unspecified atom stereocenters.